The number of halogens is 1. The molecule has 1 N–H and O–H groups in total. The van der Waals surface area contributed by atoms with Gasteiger partial charge in [-0.25, -0.2) is 0 Å². The van der Waals surface area contributed by atoms with Gasteiger partial charge in [-0.05, 0) is 35.7 Å². The zero-order chi connectivity index (χ0) is 20.6. The van der Waals surface area contributed by atoms with Crippen LogP contribution in [-0.4, -0.2) is 13.0 Å². The number of hydrogen-bond donors (Lipinski definition) is 1. The van der Waals surface area contributed by atoms with Gasteiger partial charge in [-0.15, -0.1) is 0 Å². The maximum Gasteiger partial charge on any atom is 0.224 e. The normalized spacial score (nSPS) is 11.6. The molecule has 1 amide bonds. The first kappa shape index (κ1) is 20.9. The molecule has 3 rings (SSSR count). The molecule has 29 heavy (non-hydrogen) atoms. The van der Waals surface area contributed by atoms with Crippen LogP contribution in [0, 0.1) is 0 Å². The van der Waals surface area contributed by atoms with E-state index >= 15 is 0 Å². The van der Waals surface area contributed by atoms with Gasteiger partial charge in [0.25, 0.3) is 0 Å². The highest BCUT2D eigenvalue weighted by Crippen LogP contribution is 2.34. The Morgan fingerprint density at radius 1 is 1.00 bits per heavy atom. The Kier molecular flexibility index (Phi) is 7.30. The Morgan fingerprint density at radius 3 is 2.31 bits per heavy atom. The molecule has 0 saturated heterocycles. The van der Waals surface area contributed by atoms with Crippen LogP contribution in [0.5, 0.6) is 11.5 Å². The van der Waals surface area contributed by atoms with Gasteiger partial charge in [0, 0.05) is 4.47 Å². The smallest absolute Gasteiger partial charge is 0.224 e. The number of ether oxygens (including phenoxy) is 2. The van der Waals surface area contributed by atoms with Crippen LogP contribution < -0.4 is 14.8 Å². The second kappa shape index (κ2) is 10.1. The highest BCUT2D eigenvalue weighted by molar-refractivity contribution is 9.10. The number of benzene rings is 3. The zero-order valence-corrected chi connectivity index (χ0v) is 18.1. The fourth-order valence-electron chi connectivity index (χ4n) is 3.01. The van der Waals surface area contributed by atoms with E-state index in [4.69, 9.17) is 9.47 Å². The van der Waals surface area contributed by atoms with Gasteiger partial charge in [0.1, 0.15) is 6.61 Å². The largest absolute Gasteiger partial charge is 0.493 e. The predicted octanol–water partition coefficient (Wildman–Crippen LogP) is 5.46. The summed E-state index contributed by atoms with van der Waals surface area (Å²) in [6.07, 6.45) is 0.240. The molecule has 0 bridgehead atoms. The van der Waals surface area contributed by atoms with Crippen molar-refractivity contribution in [1.82, 2.24) is 5.32 Å². The number of carbonyl (C=O) groups excluding carboxylic acids is 1. The van der Waals surface area contributed by atoms with Crippen molar-refractivity contribution in [2.24, 2.45) is 0 Å². The van der Waals surface area contributed by atoms with Crippen LogP contribution in [0.15, 0.2) is 77.3 Å². The Bertz CT molecular complexity index is 945. The summed E-state index contributed by atoms with van der Waals surface area (Å²) < 4.78 is 12.2. The molecular weight excluding hydrogens is 430 g/mol. The molecule has 0 saturated carbocycles. The van der Waals surface area contributed by atoms with Crippen molar-refractivity contribution in [3.05, 3.63) is 94.0 Å². The highest BCUT2D eigenvalue weighted by atomic mass is 79.9. The quantitative estimate of drug-likeness (QED) is 0.492. The van der Waals surface area contributed by atoms with Crippen molar-refractivity contribution in [3.63, 3.8) is 0 Å². The molecule has 0 aliphatic rings. The molecule has 150 valence electrons. The SMILES string of the molecule is COc1cc(Br)c(CC(=O)N[C@@H](C)c2ccccc2)cc1OCc1ccccc1. The van der Waals surface area contributed by atoms with Crippen molar-refractivity contribution in [1.29, 1.82) is 0 Å². The van der Waals surface area contributed by atoms with E-state index in [0.29, 0.717) is 18.1 Å². The molecule has 1 atom stereocenters. The lowest BCUT2D eigenvalue weighted by Gasteiger charge is -2.16. The van der Waals surface area contributed by atoms with E-state index in [2.05, 4.69) is 21.2 Å². The Hall–Kier alpha value is -2.79. The average Bonchev–Trinajstić information content (AvgIpc) is 2.75. The van der Waals surface area contributed by atoms with Crippen molar-refractivity contribution < 1.29 is 14.3 Å². The maximum atomic E-state index is 12.6. The Labute approximate surface area is 180 Å². The van der Waals surface area contributed by atoms with Crippen LogP contribution in [0.3, 0.4) is 0 Å². The number of rotatable bonds is 8. The lowest BCUT2D eigenvalue weighted by Crippen LogP contribution is -2.28. The molecule has 0 unspecified atom stereocenters. The van der Waals surface area contributed by atoms with Gasteiger partial charge < -0.3 is 14.8 Å². The summed E-state index contributed by atoms with van der Waals surface area (Å²) in [5, 5.41) is 3.05. The first-order valence-electron chi connectivity index (χ1n) is 9.44. The van der Waals surface area contributed by atoms with Crippen LogP contribution in [0.1, 0.15) is 29.7 Å². The van der Waals surface area contributed by atoms with Crippen LogP contribution in [-0.2, 0) is 17.8 Å². The van der Waals surface area contributed by atoms with Crippen LogP contribution in [0.2, 0.25) is 0 Å². The summed E-state index contributed by atoms with van der Waals surface area (Å²) in [5.74, 6) is 1.18. The van der Waals surface area contributed by atoms with E-state index in [1.807, 2.05) is 79.7 Å². The number of methoxy groups -OCH3 is 1. The molecule has 5 heteroatoms. The van der Waals surface area contributed by atoms with Gasteiger partial charge in [-0.2, -0.15) is 0 Å². The first-order chi connectivity index (χ1) is 14.1. The van der Waals surface area contributed by atoms with Gasteiger partial charge in [0.05, 0.1) is 19.6 Å². The van der Waals surface area contributed by atoms with Gasteiger partial charge in [0.2, 0.25) is 5.91 Å². The first-order valence-corrected chi connectivity index (χ1v) is 10.2. The second-order valence-corrected chi connectivity index (χ2v) is 7.60. The van der Waals surface area contributed by atoms with Gasteiger partial charge >= 0.3 is 0 Å². The molecule has 3 aromatic rings. The van der Waals surface area contributed by atoms with Crippen LogP contribution in [0.25, 0.3) is 0 Å². The van der Waals surface area contributed by atoms with Crippen molar-refractivity contribution in [2.45, 2.75) is 26.0 Å². The number of hydrogen-bond acceptors (Lipinski definition) is 3. The van der Waals surface area contributed by atoms with E-state index in [1.54, 1.807) is 7.11 Å². The lowest BCUT2D eigenvalue weighted by molar-refractivity contribution is -0.121. The molecule has 0 fully saturated rings. The Balaban J connectivity index is 1.70. The number of carbonyl (C=O) groups is 1. The van der Waals surface area contributed by atoms with Crippen molar-refractivity contribution >= 4 is 21.8 Å². The molecule has 0 heterocycles. The summed E-state index contributed by atoms with van der Waals surface area (Å²) in [6.45, 7) is 2.40. The molecule has 0 aliphatic carbocycles. The molecule has 0 aromatic heterocycles. The topological polar surface area (TPSA) is 47.6 Å². The molecule has 0 radical (unpaired) electrons. The highest BCUT2D eigenvalue weighted by Gasteiger charge is 2.15. The summed E-state index contributed by atoms with van der Waals surface area (Å²) in [6, 6.07) is 23.5. The summed E-state index contributed by atoms with van der Waals surface area (Å²) in [5.41, 5.74) is 2.97. The van der Waals surface area contributed by atoms with Crippen molar-refractivity contribution in [2.75, 3.05) is 7.11 Å². The summed E-state index contributed by atoms with van der Waals surface area (Å²) in [4.78, 5) is 12.6. The minimum Gasteiger partial charge on any atom is -0.493 e. The fraction of sp³-hybridized carbons (Fsp3) is 0.208. The lowest BCUT2D eigenvalue weighted by atomic mass is 10.1. The fourth-order valence-corrected chi connectivity index (χ4v) is 3.47. The zero-order valence-electron chi connectivity index (χ0n) is 16.5. The van der Waals surface area contributed by atoms with Gasteiger partial charge in [-0.3, -0.25) is 4.79 Å². The third-order valence-corrected chi connectivity index (χ3v) is 5.34. The van der Waals surface area contributed by atoms with Gasteiger partial charge in [-0.1, -0.05) is 76.6 Å². The van der Waals surface area contributed by atoms with Crippen molar-refractivity contribution in [3.8, 4) is 11.5 Å². The van der Waals surface area contributed by atoms with E-state index in [-0.39, 0.29) is 18.4 Å². The standard InChI is InChI=1S/C24H24BrNO3/c1-17(19-11-7-4-8-12-19)26-24(27)14-20-13-23(22(28-2)15-21(20)25)29-16-18-9-5-3-6-10-18/h3-13,15,17H,14,16H2,1-2H3,(H,26,27)/t17-/m0/s1. The van der Waals surface area contributed by atoms with E-state index in [1.165, 1.54) is 0 Å². The number of nitrogens with one attached hydrogen (secondary N) is 1. The predicted molar refractivity (Wildman–Crippen MR) is 118 cm³/mol. The van der Waals surface area contributed by atoms with E-state index < -0.39 is 0 Å². The minimum atomic E-state index is -0.0606. The molecule has 0 spiro atoms. The third-order valence-electron chi connectivity index (χ3n) is 4.60. The van der Waals surface area contributed by atoms with E-state index in [0.717, 1.165) is 21.2 Å². The summed E-state index contributed by atoms with van der Waals surface area (Å²) in [7, 11) is 1.60. The molecule has 0 aliphatic heterocycles. The third kappa shape index (κ3) is 5.84. The molecule has 3 aromatic carbocycles. The van der Waals surface area contributed by atoms with E-state index in [9.17, 15) is 4.79 Å². The average molecular weight is 454 g/mol. The number of amides is 1. The second-order valence-electron chi connectivity index (χ2n) is 6.75. The van der Waals surface area contributed by atoms with Crippen LogP contribution in [0.4, 0.5) is 0 Å². The van der Waals surface area contributed by atoms with Crippen LogP contribution >= 0.6 is 15.9 Å². The molecular formula is C24H24BrNO3. The molecule has 4 nitrogen and oxygen atoms in total. The van der Waals surface area contributed by atoms with Gasteiger partial charge in [0.15, 0.2) is 11.5 Å². The monoisotopic (exact) mass is 453 g/mol. The maximum absolute atomic E-state index is 12.6. The summed E-state index contributed by atoms with van der Waals surface area (Å²) >= 11 is 3.54. The Morgan fingerprint density at radius 2 is 1.66 bits per heavy atom. The minimum absolute atomic E-state index is 0.0544.